The Hall–Kier alpha value is -3.25. The maximum Gasteiger partial charge on any atom is 0.145 e. The highest BCUT2D eigenvalue weighted by molar-refractivity contribution is 5.59. The quantitative estimate of drug-likeness (QED) is 0.820. The molecule has 1 heterocycles. The van der Waals surface area contributed by atoms with Crippen molar-refractivity contribution in [3.8, 4) is 17.9 Å². The lowest BCUT2D eigenvalue weighted by molar-refractivity contribution is 0.292. The number of aromatic nitrogens is 2. The molecule has 0 aliphatic heterocycles. The Kier molecular flexibility index (Phi) is 4.97. The van der Waals surface area contributed by atoms with Crippen LogP contribution in [0.5, 0.6) is 5.75 Å². The molecule has 6 nitrogen and oxygen atoms in total. The van der Waals surface area contributed by atoms with Gasteiger partial charge in [0.25, 0.3) is 0 Å². The lowest BCUT2D eigenvalue weighted by atomic mass is 10.3. The summed E-state index contributed by atoms with van der Waals surface area (Å²) in [5, 5.41) is 24.4. The summed E-state index contributed by atoms with van der Waals surface area (Å²) < 4.78 is 7.47. The highest BCUT2D eigenvalue weighted by atomic mass is 16.5. The van der Waals surface area contributed by atoms with E-state index in [2.05, 4.69) is 10.4 Å². The van der Waals surface area contributed by atoms with E-state index in [0.717, 1.165) is 0 Å². The van der Waals surface area contributed by atoms with Crippen LogP contribution in [-0.2, 0) is 6.54 Å². The van der Waals surface area contributed by atoms with E-state index in [1.165, 1.54) is 6.20 Å². The van der Waals surface area contributed by atoms with E-state index in [-0.39, 0.29) is 5.57 Å². The first kappa shape index (κ1) is 14.2. The molecular formula is C15H13N5O. The number of hydrogen-bond donors (Lipinski definition) is 1. The fourth-order valence-electron chi connectivity index (χ4n) is 1.63. The van der Waals surface area contributed by atoms with Gasteiger partial charge in [-0.25, -0.2) is 0 Å². The Morgan fingerprint density at radius 1 is 1.29 bits per heavy atom. The summed E-state index contributed by atoms with van der Waals surface area (Å²) in [6, 6.07) is 12.8. The normalized spacial score (nSPS) is 9.24. The summed E-state index contributed by atoms with van der Waals surface area (Å²) in [7, 11) is 0. The van der Waals surface area contributed by atoms with Gasteiger partial charge in [0.1, 0.15) is 30.1 Å². The molecule has 6 heteroatoms. The molecule has 0 saturated heterocycles. The second kappa shape index (κ2) is 7.37. The fraction of sp³-hybridized carbons (Fsp3) is 0.133. The third-order valence-corrected chi connectivity index (χ3v) is 2.64. The molecule has 0 spiro atoms. The minimum atomic E-state index is 0.00124. The third kappa shape index (κ3) is 4.12. The van der Waals surface area contributed by atoms with Gasteiger partial charge >= 0.3 is 0 Å². The molecule has 0 aliphatic carbocycles. The number of ether oxygens (including phenoxy) is 1. The standard InChI is InChI=1S/C15H13N5O/c16-10-13(11-17)12-18-14-4-1-2-5-15(14)21-9-8-20-7-3-6-19-20/h1-7,12,18H,8-9H2. The monoisotopic (exact) mass is 279 g/mol. The molecule has 0 atom stereocenters. The molecule has 0 fully saturated rings. The Morgan fingerprint density at radius 2 is 2.10 bits per heavy atom. The molecule has 2 aromatic rings. The number of nitrogens with zero attached hydrogens (tertiary/aromatic N) is 4. The minimum Gasteiger partial charge on any atom is -0.489 e. The summed E-state index contributed by atoms with van der Waals surface area (Å²) in [4.78, 5) is 0. The van der Waals surface area contributed by atoms with Gasteiger partial charge in [-0.05, 0) is 18.2 Å². The van der Waals surface area contributed by atoms with Crippen molar-refractivity contribution >= 4 is 5.69 Å². The van der Waals surface area contributed by atoms with Crippen LogP contribution in [0.1, 0.15) is 0 Å². The SMILES string of the molecule is N#CC(C#N)=CNc1ccccc1OCCn1cccn1. The van der Waals surface area contributed by atoms with E-state index in [4.69, 9.17) is 15.3 Å². The zero-order valence-corrected chi connectivity index (χ0v) is 11.2. The van der Waals surface area contributed by atoms with Crippen LogP contribution in [-0.4, -0.2) is 16.4 Å². The summed E-state index contributed by atoms with van der Waals surface area (Å²) in [6.45, 7) is 1.10. The van der Waals surface area contributed by atoms with Crippen LogP contribution < -0.4 is 10.1 Å². The molecule has 0 unspecified atom stereocenters. The van der Waals surface area contributed by atoms with Crippen LogP contribution in [0.4, 0.5) is 5.69 Å². The Balaban J connectivity index is 1.98. The third-order valence-electron chi connectivity index (χ3n) is 2.64. The van der Waals surface area contributed by atoms with Gasteiger partial charge in [0.2, 0.25) is 0 Å². The molecule has 0 aliphatic rings. The van der Waals surface area contributed by atoms with Crippen molar-refractivity contribution in [3.63, 3.8) is 0 Å². The predicted molar refractivity (Wildman–Crippen MR) is 77.1 cm³/mol. The van der Waals surface area contributed by atoms with Crippen LogP contribution in [0, 0.1) is 22.7 Å². The second-order valence-corrected chi connectivity index (χ2v) is 4.04. The predicted octanol–water partition coefficient (Wildman–Crippen LogP) is 2.31. The number of allylic oxidation sites excluding steroid dienone is 1. The van der Waals surface area contributed by atoms with Crippen LogP contribution >= 0.6 is 0 Å². The Morgan fingerprint density at radius 3 is 2.81 bits per heavy atom. The van der Waals surface area contributed by atoms with E-state index in [1.54, 1.807) is 23.0 Å². The molecule has 1 aromatic carbocycles. The smallest absolute Gasteiger partial charge is 0.145 e. The van der Waals surface area contributed by atoms with Crippen molar-refractivity contribution < 1.29 is 4.74 Å². The number of nitrogens with one attached hydrogen (secondary N) is 1. The van der Waals surface area contributed by atoms with Gasteiger partial charge in [0, 0.05) is 18.6 Å². The number of hydrogen-bond acceptors (Lipinski definition) is 5. The summed E-state index contributed by atoms with van der Waals surface area (Å²) >= 11 is 0. The largest absolute Gasteiger partial charge is 0.489 e. The highest BCUT2D eigenvalue weighted by Crippen LogP contribution is 2.23. The maximum absolute atomic E-state index is 8.70. The zero-order chi connectivity index (χ0) is 14.9. The molecule has 21 heavy (non-hydrogen) atoms. The summed E-state index contributed by atoms with van der Waals surface area (Å²) in [5.74, 6) is 0.649. The average Bonchev–Trinajstić information content (AvgIpc) is 3.03. The van der Waals surface area contributed by atoms with Crippen molar-refractivity contribution in [3.05, 3.63) is 54.5 Å². The Bertz CT molecular complexity index is 676. The number of nitriles is 2. The second-order valence-electron chi connectivity index (χ2n) is 4.04. The van der Waals surface area contributed by atoms with Gasteiger partial charge in [0.15, 0.2) is 0 Å². The lowest BCUT2D eigenvalue weighted by Crippen LogP contribution is -2.09. The van der Waals surface area contributed by atoms with Crippen LogP contribution in [0.3, 0.4) is 0 Å². The van der Waals surface area contributed by atoms with Crippen molar-refractivity contribution in [1.82, 2.24) is 9.78 Å². The zero-order valence-electron chi connectivity index (χ0n) is 11.2. The molecule has 104 valence electrons. The summed E-state index contributed by atoms with van der Waals surface area (Å²) in [5.41, 5.74) is 0.697. The number of benzene rings is 1. The number of anilines is 1. The van der Waals surface area contributed by atoms with Crippen LogP contribution in [0.25, 0.3) is 0 Å². The average molecular weight is 279 g/mol. The molecule has 1 aromatic heterocycles. The lowest BCUT2D eigenvalue weighted by Gasteiger charge is -2.11. The molecule has 0 saturated carbocycles. The minimum absolute atomic E-state index is 0.00124. The first-order chi connectivity index (χ1) is 10.3. The van der Waals surface area contributed by atoms with E-state index in [0.29, 0.717) is 24.6 Å². The molecule has 0 amide bonds. The topological polar surface area (TPSA) is 86.7 Å². The fourth-order valence-corrected chi connectivity index (χ4v) is 1.63. The molecule has 0 radical (unpaired) electrons. The van der Waals surface area contributed by atoms with Gasteiger partial charge in [0.05, 0.1) is 12.2 Å². The Labute approximate surface area is 122 Å². The van der Waals surface area contributed by atoms with E-state index < -0.39 is 0 Å². The molecular weight excluding hydrogens is 266 g/mol. The number of rotatable bonds is 6. The highest BCUT2D eigenvalue weighted by Gasteiger charge is 2.02. The molecule has 1 N–H and O–H groups in total. The van der Waals surface area contributed by atoms with E-state index in [9.17, 15) is 0 Å². The number of para-hydroxylation sites is 2. The van der Waals surface area contributed by atoms with Gasteiger partial charge in [-0.3, -0.25) is 4.68 Å². The van der Waals surface area contributed by atoms with Crippen molar-refractivity contribution in [1.29, 1.82) is 10.5 Å². The first-order valence-corrected chi connectivity index (χ1v) is 6.29. The molecule has 0 bridgehead atoms. The van der Waals surface area contributed by atoms with Gasteiger partial charge < -0.3 is 10.1 Å². The van der Waals surface area contributed by atoms with Crippen molar-refractivity contribution in [2.75, 3.05) is 11.9 Å². The molecule has 2 rings (SSSR count). The van der Waals surface area contributed by atoms with E-state index >= 15 is 0 Å². The van der Waals surface area contributed by atoms with Crippen LogP contribution in [0.2, 0.25) is 0 Å². The van der Waals surface area contributed by atoms with Crippen LogP contribution in [0.15, 0.2) is 54.5 Å². The van der Waals surface area contributed by atoms with Gasteiger partial charge in [-0.15, -0.1) is 0 Å². The summed E-state index contributed by atoms with van der Waals surface area (Å²) in [6.07, 6.45) is 4.93. The van der Waals surface area contributed by atoms with Crippen molar-refractivity contribution in [2.24, 2.45) is 0 Å². The van der Waals surface area contributed by atoms with Crippen molar-refractivity contribution in [2.45, 2.75) is 6.54 Å². The van der Waals surface area contributed by atoms with Gasteiger partial charge in [-0.2, -0.15) is 15.6 Å². The van der Waals surface area contributed by atoms with Gasteiger partial charge in [-0.1, -0.05) is 12.1 Å². The maximum atomic E-state index is 8.70. The first-order valence-electron chi connectivity index (χ1n) is 6.29. The van der Waals surface area contributed by atoms with E-state index in [1.807, 2.05) is 36.5 Å².